The van der Waals surface area contributed by atoms with Gasteiger partial charge in [-0.3, -0.25) is 0 Å². The summed E-state index contributed by atoms with van der Waals surface area (Å²) in [6.07, 6.45) is 8.70. The molecular formula is C29H32O. The summed E-state index contributed by atoms with van der Waals surface area (Å²) in [7, 11) is 0. The normalized spacial score (nSPS) is 15.4. The zero-order chi connectivity index (χ0) is 20.8. The largest absolute Gasteiger partial charge is 0.494 e. The van der Waals surface area contributed by atoms with Crippen LogP contribution in [-0.4, -0.2) is 6.61 Å². The molecule has 3 aromatic rings. The molecule has 1 unspecified atom stereocenters. The number of ether oxygens (including phenoxy) is 1. The molecule has 0 bridgehead atoms. The van der Waals surface area contributed by atoms with E-state index in [0.29, 0.717) is 5.92 Å². The lowest BCUT2D eigenvalue weighted by molar-refractivity contribution is 0.317. The van der Waals surface area contributed by atoms with Gasteiger partial charge in [-0.1, -0.05) is 67.6 Å². The van der Waals surface area contributed by atoms with E-state index < -0.39 is 0 Å². The lowest BCUT2D eigenvalue weighted by Crippen LogP contribution is -2.13. The molecule has 1 aliphatic rings. The molecule has 1 heteroatoms. The molecule has 0 spiro atoms. The quantitative estimate of drug-likeness (QED) is 0.357. The molecule has 0 amide bonds. The van der Waals surface area contributed by atoms with Gasteiger partial charge in [0.15, 0.2) is 0 Å². The van der Waals surface area contributed by atoms with Crippen LogP contribution in [0.15, 0.2) is 79.4 Å². The first-order valence-electron chi connectivity index (χ1n) is 11.3. The molecule has 30 heavy (non-hydrogen) atoms. The third-order valence-electron chi connectivity index (χ3n) is 6.18. The molecule has 0 N–H and O–H groups in total. The Morgan fingerprint density at radius 1 is 0.933 bits per heavy atom. The molecule has 0 aliphatic heterocycles. The summed E-state index contributed by atoms with van der Waals surface area (Å²) in [6, 6.07) is 24.8. The maximum absolute atomic E-state index is 5.71. The highest BCUT2D eigenvalue weighted by molar-refractivity contribution is 5.66. The van der Waals surface area contributed by atoms with Crippen LogP contribution in [-0.2, 0) is 19.3 Å². The van der Waals surface area contributed by atoms with Gasteiger partial charge in [0.05, 0.1) is 6.61 Å². The van der Waals surface area contributed by atoms with Crippen molar-refractivity contribution in [2.24, 2.45) is 0 Å². The summed E-state index contributed by atoms with van der Waals surface area (Å²) >= 11 is 0. The van der Waals surface area contributed by atoms with Crippen molar-refractivity contribution in [3.8, 4) is 16.9 Å². The zero-order valence-electron chi connectivity index (χ0n) is 18.1. The topological polar surface area (TPSA) is 9.23 Å². The van der Waals surface area contributed by atoms with Crippen molar-refractivity contribution in [2.45, 2.75) is 51.4 Å². The standard InChI is InChI=1S/C29H32O/c1-3-5-6-22-7-9-23(10-8-22)25-11-13-28-21-26(12-14-27(28)20-25)24-15-17-29(18-16-24)30-19-4-2/h3,7-10,12,14-18,21,25H,1,4-6,11,13,19-20H2,2H3. The van der Waals surface area contributed by atoms with Crippen LogP contribution in [0.3, 0.4) is 0 Å². The third-order valence-corrected chi connectivity index (χ3v) is 6.18. The molecule has 0 fully saturated rings. The smallest absolute Gasteiger partial charge is 0.119 e. The molecule has 1 aliphatic carbocycles. The Morgan fingerprint density at radius 3 is 2.43 bits per heavy atom. The van der Waals surface area contributed by atoms with Gasteiger partial charge in [0.25, 0.3) is 0 Å². The van der Waals surface area contributed by atoms with Crippen LogP contribution >= 0.6 is 0 Å². The van der Waals surface area contributed by atoms with Crippen molar-refractivity contribution in [3.63, 3.8) is 0 Å². The van der Waals surface area contributed by atoms with Crippen LogP contribution in [0.25, 0.3) is 11.1 Å². The summed E-state index contributed by atoms with van der Waals surface area (Å²) in [6.45, 7) is 6.73. The van der Waals surface area contributed by atoms with Gasteiger partial charge in [-0.2, -0.15) is 0 Å². The number of rotatable bonds is 8. The van der Waals surface area contributed by atoms with Crippen LogP contribution in [0.2, 0.25) is 0 Å². The van der Waals surface area contributed by atoms with Crippen LogP contribution in [0, 0.1) is 0 Å². The number of allylic oxidation sites excluding steroid dienone is 1. The summed E-state index contributed by atoms with van der Waals surface area (Å²) in [5.74, 6) is 1.59. The van der Waals surface area contributed by atoms with Gasteiger partial charge >= 0.3 is 0 Å². The molecule has 1 atom stereocenters. The van der Waals surface area contributed by atoms with Crippen molar-refractivity contribution >= 4 is 0 Å². The molecule has 0 aromatic heterocycles. The van der Waals surface area contributed by atoms with Gasteiger partial charge in [0, 0.05) is 0 Å². The van der Waals surface area contributed by atoms with Crippen LogP contribution in [0.1, 0.15) is 54.4 Å². The average Bonchev–Trinajstić information content (AvgIpc) is 2.81. The highest BCUT2D eigenvalue weighted by Crippen LogP contribution is 2.35. The fourth-order valence-corrected chi connectivity index (χ4v) is 4.41. The monoisotopic (exact) mass is 396 g/mol. The Hall–Kier alpha value is -2.80. The number of aryl methyl sites for hydroxylation is 2. The minimum absolute atomic E-state index is 0.631. The zero-order valence-corrected chi connectivity index (χ0v) is 18.1. The van der Waals surface area contributed by atoms with Gasteiger partial charge in [0.1, 0.15) is 5.75 Å². The third kappa shape index (κ3) is 4.84. The fourth-order valence-electron chi connectivity index (χ4n) is 4.41. The Bertz CT molecular complexity index is 966. The SMILES string of the molecule is C=CCCc1ccc(C2CCc3cc(-c4ccc(OCCC)cc4)ccc3C2)cc1. The first-order valence-corrected chi connectivity index (χ1v) is 11.3. The second kappa shape index (κ2) is 9.80. The first-order chi connectivity index (χ1) is 14.8. The lowest BCUT2D eigenvalue weighted by atomic mass is 9.79. The maximum atomic E-state index is 5.71. The van der Waals surface area contributed by atoms with E-state index in [0.717, 1.165) is 44.5 Å². The summed E-state index contributed by atoms with van der Waals surface area (Å²) in [5.41, 5.74) is 8.48. The minimum atomic E-state index is 0.631. The second-order valence-electron chi connectivity index (χ2n) is 8.36. The molecule has 4 rings (SSSR count). The Balaban J connectivity index is 1.44. The maximum Gasteiger partial charge on any atom is 0.119 e. The first kappa shape index (κ1) is 20.5. The number of hydrogen-bond donors (Lipinski definition) is 0. The van der Waals surface area contributed by atoms with Crippen LogP contribution < -0.4 is 4.74 Å². The van der Waals surface area contributed by atoms with E-state index in [1.54, 1.807) is 0 Å². The fraction of sp³-hybridized carbons (Fsp3) is 0.310. The van der Waals surface area contributed by atoms with E-state index in [2.05, 4.69) is 80.2 Å². The predicted molar refractivity (Wildman–Crippen MR) is 127 cm³/mol. The van der Waals surface area contributed by atoms with E-state index in [1.807, 2.05) is 6.08 Å². The van der Waals surface area contributed by atoms with Crippen LogP contribution in [0.4, 0.5) is 0 Å². The molecule has 1 nitrogen and oxygen atoms in total. The van der Waals surface area contributed by atoms with E-state index in [-0.39, 0.29) is 0 Å². The average molecular weight is 397 g/mol. The Morgan fingerprint density at radius 2 is 1.70 bits per heavy atom. The molecule has 154 valence electrons. The minimum Gasteiger partial charge on any atom is -0.494 e. The molecule has 3 aromatic carbocycles. The van der Waals surface area contributed by atoms with Crippen molar-refractivity contribution < 1.29 is 4.74 Å². The van der Waals surface area contributed by atoms with E-state index in [1.165, 1.54) is 39.8 Å². The summed E-state index contributed by atoms with van der Waals surface area (Å²) in [4.78, 5) is 0. The van der Waals surface area contributed by atoms with Crippen molar-refractivity contribution in [1.82, 2.24) is 0 Å². The summed E-state index contributed by atoms with van der Waals surface area (Å²) in [5, 5.41) is 0. The second-order valence-corrected chi connectivity index (χ2v) is 8.36. The molecular weight excluding hydrogens is 364 g/mol. The highest BCUT2D eigenvalue weighted by atomic mass is 16.5. The highest BCUT2D eigenvalue weighted by Gasteiger charge is 2.20. The molecule has 0 saturated carbocycles. The van der Waals surface area contributed by atoms with E-state index in [9.17, 15) is 0 Å². The van der Waals surface area contributed by atoms with Gasteiger partial charge in [-0.25, -0.2) is 0 Å². The molecule has 0 heterocycles. The van der Waals surface area contributed by atoms with Gasteiger partial charge in [0.2, 0.25) is 0 Å². The van der Waals surface area contributed by atoms with Gasteiger partial charge < -0.3 is 4.74 Å². The molecule has 0 radical (unpaired) electrons. The van der Waals surface area contributed by atoms with Gasteiger partial charge in [-0.05, 0) is 90.0 Å². The number of hydrogen-bond acceptors (Lipinski definition) is 1. The van der Waals surface area contributed by atoms with E-state index >= 15 is 0 Å². The Labute approximate surface area is 181 Å². The van der Waals surface area contributed by atoms with Crippen molar-refractivity contribution in [2.75, 3.05) is 6.61 Å². The lowest BCUT2D eigenvalue weighted by Gasteiger charge is -2.26. The van der Waals surface area contributed by atoms with E-state index in [4.69, 9.17) is 4.74 Å². The molecule has 0 saturated heterocycles. The van der Waals surface area contributed by atoms with Crippen molar-refractivity contribution in [1.29, 1.82) is 0 Å². The number of fused-ring (bicyclic) bond motifs is 1. The van der Waals surface area contributed by atoms with Crippen LogP contribution in [0.5, 0.6) is 5.75 Å². The van der Waals surface area contributed by atoms with Gasteiger partial charge in [-0.15, -0.1) is 6.58 Å². The van der Waals surface area contributed by atoms with Crippen molar-refractivity contribution in [3.05, 3.63) is 102 Å². The summed E-state index contributed by atoms with van der Waals surface area (Å²) < 4.78 is 5.71. The Kier molecular flexibility index (Phi) is 6.69. The number of benzene rings is 3. The predicted octanol–water partition coefficient (Wildman–Crippen LogP) is 7.53.